The van der Waals surface area contributed by atoms with Crippen LogP contribution in [0.3, 0.4) is 0 Å². The third-order valence-corrected chi connectivity index (χ3v) is 2.85. The third kappa shape index (κ3) is 2.18. The van der Waals surface area contributed by atoms with Gasteiger partial charge in [0.15, 0.2) is 0 Å². The van der Waals surface area contributed by atoms with Gasteiger partial charge in [0.2, 0.25) is 0 Å². The molecule has 1 fully saturated rings. The van der Waals surface area contributed by atoms with E-state index in [1.807, 2.05) is 12.1 Å². The molecule has 3 heteroatoms. The highest BCUT2D eigenvalue weighted by atomic mass is 16.5. The summed E-state index contributed by atoms with van der Waals surface area (Å²) >= 11 is 0. The molecule has 2 rings (SSSR count). The largest absolute Gasteiger partial charge is 0.465 e. The SMILES string of the molecule is COC(=O)c1ccc([C@@H](N)C2CC2)cc1. The third-order valence-electron chi connectivity index (χ3n) is 2.85. The molecule has 1 aromatic rings. The van der Waals surface area contributed by atoms with Crippen LogP contribution in [0.4, 0.5) is 0 Å². The molecule has 2 N–H and O–H groups in total. The van der Waals surface area contributed by atoms with Crippen LogP contribution in [0.5, 0.6) is 0 Å². The lowest BCUT2D eigenvalue weighted by Gasteiger charge is -2.10. The van der Waals surface area contributed by atoms with Crippen molar-refractivity contribution in [3.63, 3.8) is 0 Å². The Kier molecular flexibility index (Phi) is 2.73. The molecule has 1 saturated carbocycles. The van der Waals surface area contributed by atoms with Crippen LogP contribution in [0.25, 0.3) is 0 Å². The quantitative estimate of drug-likeness (QED) is 0.766. The lowest BCUT2D eigenvalue weighted by molar-refractivity contribution is 0.0600. The van der Waals surface area contributed by atoms with Gasteiger partial charge in [-0.05, 0) is 36.5 Å². The normalized spacial score (nSPS) is 17.2. The summed E-state index contributed by atoms with van der Waals surface area (Å²) in [5.74, 6) is 0.329. The van der Waals surface area contributed by atoms with Crippen LogP contribution in [0.1, 0.15) is 34.8 Å². The summed E-state index contributed by atoms with van der Waals surface area (Å²) in [4.78, 5) is 11.2. The topological polar surface area (TPSA) is 52.3 Å². The number of hydrogen-bond donors (Lipinski definition) is 1. The van der Waals surface area contributed by atoms with Crippen molar-refractivity contribution in [1.82, 2.24) is 0 Å². The summed E-state index contributed by atoms with van der Waals surface area (Å²) in [6.07, 6.45) is 2.44. The minimum Gasteiger partial charge on any atom is -0.465 e. The Bertz CT molecular complexity index is 354. The maximum absolute atomic E-state index is 11.2. The minimum atomic E-state index is -0.304. The summed E-state index contributed by atoms with van der Waals surface area (Å²) < 4.78 is 4.63. The van der Waals surface area contributed by atoms with Crippen molar-refractivity contribution in [1.29, 1.82) is 0 Å². The second-order valence-corrected chi connectivity index (χ2v) is 3.98. The van der Waals surface area contributed by atoms with Gasteiger partial charge in [0.1, 0.15) is 0 Å². The molecule has 1 aliphatic rings. The predicted octanol–water partition coefficient (Wildman–Crippen LogP) is 1.88. The van der Waals surface area contributed by atoms with Gasteiger partial charge in [0.05, 0.1) is 12.7 Å². The zero-order valence-corrected chi connectivity index (χ0v) is 8.77. The number of ether oxygens (including phenoxy) is 1. The number of carbonyl (C=O) groups is 1. The van der Waals surface area contributed by atoms with E-state index in [4.69, 9.17) is 5.73 Å². The molecular weight excluding hydrogens is 190 g/mol. The molecule has 0 unspecified atom stereocenters. The van der Waals surface area contributed by atoms with E-state index in [1.165, 1.54) is 20.0 Å². The van der Waals surface area contributed by atoms with Crippen LogP contribution in [-0.2, 0) is 4.74 Å². The van der Waals surface area contributed by atoms with Crippen molar-refractivity contribution in [2.24, 2.45) is 11.7 Å². The second-order valence-electron chi connectivity index (χ2n) is 3.98. The maximum atomic E-state index is 11.2. The van der Waals surface area contributed by atoms with Crippen molar-refractivity contribution >= 4 is 5.97 Å². The van der Waals surface area contributed by atoms with E-state index in [9.17, 15) is 4.79 Å². The molecule has 0 bridgehead atoms. The molecule has 0 spiro atoms. The van der Waals surface area contributed by atoms with Gasteiger partial charge in [-0.15, -0.1) is 0 Å². The predicted molar refractivity (Wildman–Crippen MR) is 57.4 cm³/mol. The Hall–Kier alpha value is -1.35. The van der Waals surface area contributed by atoms with Gasteiger partial charge in [-0.2, -0.15) is 0 Å². The van der Waals surface area contributed by atoms with E-state index in [1.54, 1.807) is 12.1 Å². The number of hydrogen-bond acceptors (Lipinski definition) is 3. The molecule has 0 heterocycles. The molecule has 0 radical (unpaired) electrons. The molecule has 0 amide bonds. The molecule has 0 aliphatic heterocycles. The van der Waals surface area contributed by atoms with Crippen LogP contribution in [0.15, 0.2) is 24.3 Å². The standard InChI is InChI=1S/C12H15NO2/c1-15-12(14)10-6-4-9(5-7-10)11(13)8-2-3-8/h4-8,11H,2-3,13H2,1H3/t11-/m0/s1. The maximum Gasteiger partial charge on any atom is 0.337 e. The van der Waals surface area contributed by atoms with Crippen LogP contribution < -0.4 is 5.73 Å². The summed E-state index contributed by atoms with van der Waals surface area (Å²) in [6.45, 7) is 0. The fourth-order valence-corrected chi connectivity index (χ4v) is 1.69. The Morgan fingerprint density at radius 1 is 1.40 bits per heavy atom. The molecule has 0 saturated heterocycles. The van der Waals surface area contributed by atoms with Crippen LogP contribution in [-0.4, -0.2) is 13.1 Å². The van der Waals surface area contributed by atoms with Crippen molar-refractivity contribution in [2.75, 3.05) is 7.11 Å². The smallest absolute Gasteiger partial charge is 0.337 e. The first kappa shape index (κ1) is 10.2. The van der Waals surface area contributed by atoms with Gasteiger partial charge in [-0.3, -0.25) is 0 Å². The fourth-order valence-electron chi connectivity index (χ4n) is 1.69. The number of methoxy groups -OCH3 is 1. The summed E-state index contributed by atoms with van der Waals surface area (Å²) in [6, 6.07) is 7.48. The first-order chi connectivity index (χ1) is 7.22. The van der Waals surface area contributed by atoms with Crippen molar-refractivity contribution in [2.45, 2.75) is 18.9 Å². The van der Waals surface area contributed by atoms with E-state index in [-0.39, 0.29) is 12.0 Å². The Labute approximate surface area is 89.2 Å². The van der Waals surface area contributed by atoms with Crippen LogP contribution in [0, 0.1) is 5.92 Å². The highest BCUT2D eigenvalue weighted by molar-refractivity contribution is 5.89. The Morgan fingerprint density at radius 3 is 2.47 bits per heavy atom. The molecular formula is C12H15NO2. The Morgan fingerprint density at radius 2 is 2.00 bits per heavy atom. The number of rotatable bonds is 3. The molecule has 15 heavy (non-hydrogen) atoms. The van der Waals surface area contributed by atoms with Gasteiger partial charge in [-0.25, -0.2) is 4.79 Å². The lowest BCUT2D eigenvalue weighted by Crippen LogP contribution is -2.12. The summed E-state index contributed by atoms with van der Waals surface area (Å²) in [5, 5.41) is 0. The number of nitrogens with two attached hydrogens (primary N) is 1. The van der Waals surface area contributed by atoms with Gasteiger partial charge < -0.3 is 10.5 Å². The zero-order valence-electron chi connectivity index (χ0n) is 8.77. The van der Waals surface area contributed by atoms with E-state index in [2.05, 4.69) is 4.74 Å². The summed E-state index contributed by atoms with van der Waals surface area (Å²) in [5.41, 5.74) is 7.72. The Balaban J connectivity index is 2.12. The average Bonchev–Trinajstić information content (AvgIpc) is 3.11. The average molecular weight is 205 g/mol. The zero-order chi connectivity index (χ0) is 10.8. The second kappa shape index (κ2) is 4.03. The van der Waals surface area contributed by atoms with E-state index in [0.29, 0.717) is 11.5 Å². The number of benzene rings is 1. The van der Waals surface area contributed by atoms with Crippen molar-refractivity contribution in [3.8, 4) is 0 Å². The van der Waals surface area contributed by atoms with Gasteiger partial charge >= 0.3 is 5.97 Å². The number of esters is 1. The highest BCUT2D eigenvalue weighted by Crippen LogP contribution is 2.39. The van der Waals surface area contributed by atoms with E-state index in [0.717, 1.165) is 5.56 Å². The van der Waals surface area contributed by atoms with Crippen molar-refractivity contribution in [3.05, 3.63) is 35.4 Å². The van der Waals surface area contributed by atoms with E-state index < -0.39 is 0 Å². The van der Waals surface area contributed by atoms with Crippen LogP contribution in [0.2, 0.25) is 0 Å². The lowest BCUT2D eigenvalue weighted by atomic mass is 10.0. The first-order valence-electron chi connectivity index (χ1n) is 5.16. The fraction of sp³-hybridized carbons (Fsp3) is 0.417. The molecule has 80 valence electrons. The minimum absolute atomic E-state index is 0.122. The molecule has 0 aromatic heterocycles. The summed E-state index contributed by atoms with van der Waals surface area (Å²) in [7, 11) is 1.38. The van der Waals surface area contributed by atoms with Crippen molar-refractivity contribution < 1.29 is 9.53 Å². The first-order valence-corrected chi connectivity index (χ1v) is 5.16. The molecule has 3 nitrogen and oxygen atoms in total. The van der Waals surface area contributed by atoms with E-state index >= 15 is 0 Å². The van der Waals surface area contributed by atoms with Gasteiger partial charge in [0, 0.05) is 6.04 Å². The van der Waals surface area contributed by atoms with Crippen LogP contribution >= 0.6 is 0 Å². The van der Waals surface area contributed by atoms with Gasteiger partial charge in [0.25, 0.3) is 0 Å². The van der Waals surface area contributed by atoms with Gasteiger partial charge in [-0.1, -0.05) is 12.1 Å². The molecule has 1 aromatic carbocycles. The monoisotopic (exact) mass is 205 g/mol. The highest BCUT2D eigenvalue weighted by Gasteiger charge is 2.29. The molecule has 1 atom stereocenters. The number of carbonyl (C=O) groups excluding carboxylic acids is 1. The molecule has 1 aliphatic carbocycles.